The second kappa shape index (κ2) is 5.04. The Morgan fingerprint density at radius 2 is 2.40 bits per heavy atom. The molecule has 5 nitrogen and oxygen atoms in total. The molecule has 0 spiro atoms. The monoisotopic (exact) mass is 210 g/mol. The van der Waals surface area contributed by atoms with Crippen molar-refractivity contribution in [3.05, 3.63) is 11.8 Å². The highest BCUT2D eigenvalue weighted by molar-refractivity contribution is 5.94. The molecule has 2 unspecified atom stereocenters. The SMILES string of the molecule is CC1=CC(C)=NC(C)N1/C=N\CC(N)O. The average molecular weight is 210 g/mol. The van der Waals surface area contributed by atoms with Crippen molar-refractivity contribution in [3.63, 3.8) is 0 Å². The summed E-state index contributed by atoms with van der Waals surface area (Å²) in [4.78, 5) is 10.4. The van der Waals surface area contributed by atoms with Crippen molar-refractivity contribution in [1.82, 2.24) is 4.90 Å². The zero-order valence-corrected chi connectivity index (χ0v) is 9.38. The topological polar surface area (TPSA) is 74.2 Å². The number of nitrogens with zero attached hydrogens (tertiary/aromatic N) is 3. The van der Waals surface area contributed by atoms with Gasteiger partial charge in [-0.1, -0.05) is 0 Å². The second-order valence-corrected chi connectivity index (χ2v) is 3.64. The third kappa shape index (κ3) is 3.45. The van der Waals surface area contributed by atoms with E-state index >= 15 is 0 Å². The lowest BCUT2D eigenvalue weighted by Gasteiger charge is -2.28. The molecule has 15 heavy (non-hydrogen) atoms. The summed E-state index contributed by atoms with van der Waals surface area (Å²) >= 11 is 0. The molecule has 0 saturated carbocycles. The van der Waals surface area contributed by atoms with Crippen LogP contribution in [0.5, 0.6) is 0 Å². The van der Waals surface area contributed by atoms with E-state index in [-0.39, 0.29) is 12.7 Å². The first-order chi connectivity index (χ1) is 7.00. The molecule has 5 heteroatoms. The predicted octanol–water partition coefficient (Wildman–Crippen LogP) is 0.318. The maximum Gasteiger partial charge on any atom is 0.123 e. The van der Waals surface area contributed by atoms with Crippen LogP contribution in [0.25, 0.3) is 0 Å². The summed E-state index contributed by atoms with van der Waals surface area (Å²) in [5.74, 6) is 0. The van der Waals surface area contributed by atoms with Crippen LogP contribution in [0.1, 0.15) is 20.8 Å². The molecule has 2 atom stereocenters. The summed E-state index contributed by atoms with van der Waals surface area (Å²) in [5.41, 5.74) is 7.29. The zero-order chi connectivity index (χ0) is 11.4. The summed E-state index contributed by atoms with van der Waals surface area (Å²) in [5, 5.41) is 8.86. The standard InChI is InChI=1S/C10H18N4O/c1-7-4-8(2)14(9(3)13-7)6-12-5-10(11)15/h4,6,9-10,15H,5,11H2,1-3H3/b12-6-. The van der Waals surface area contributed by atoms with Crippen molar-refractivity contribution in [2.75, 3.05) is 6.54 Å². The van der Waals surface area contributed by atoms with Crippen LogP contribution < -0.4 is 5.73 Å². The number of rotatable bonds is 3. The summed E-state index contributed by atoms with van der Waals surface area (Å²) < 4.78 is 0. The van der Waals surface area contributed by atoms with E-state index in [4.69, 9.17) is 10.8 Å². The first-order valence-corrected chi connectivity index (χ1v) is 4.95. The molecule has 0 aromatic rings. The molecule has 1 aliphatic heterocycles. The van der Waals surface area contributed by atoms with Crippen LogP contribution in [0.2, 0.25) is 0 Å². The quantitative estimate of drug-likeness (QED) is 0.400. The van der Waals surface area contributed by atoms with Gasteiger partial charge in [0, 0.05) is 11.4 Å². The highest BCUT2D eigenvalue weighted by Crippen LogP contribution is 2.13. The van der Waals surface area contributed by atoms with Crippen LogP contribution in [-0.2, 0) is 0 Å². The average Bonchev–Trinajstić information content (AvgIpc) is 2.08. The number of nitrogens with two attached hydrogens (primary N) is 1. The fourth-order valence-electron chi connectivity index (χ4n) is 1.50. The summed E-state index contributed by atoms with van der Waals surface area (Å²) in [6.07, 6.45) is 2.82. The molecule has 3 N–H and O–H groups in total. The van der Waals surface area contributed by atoms with Gasteiger partial charge in [-0.2, -0.15) is 0 Å². The summed E-state index contributed by atoms with van der Waals surface area (Å²) in [7, 11) is 0. The molecular weight excluding hydrogens is 192 g/mol. The molecule has 0 amide bonds. The number of allylic oxidation sites excluding steroid dienone is 2. The minimum atomic E-state index is -0.893. The Bertz CT molecular complexity index is 307. The van der Waals surface area contributed by atoms with Crippen molar-refractivity contribution < 1.29 is 5.11 Å². The van der Waals surface area contributed by atoms with Crippen LogP contribution in [0.3, 0.4) is 0 Å². The lowest BCUT2D eigenvalue weighted by Crippen LogP contribution is -2.33. The fraction of sp³-hybridized carbons (Fsp3) is 0.600. The molecule has 0 radical (unpaired) electrons. The Morgan fingerprint density at radius 3 is 2.93 bits per heavy atom. The summed E-state index contributed by atoms with van der Waals surface area (Å²) in [6.45, 7) is 6.17. The Balaban J connectivity index is 2.64. The fourth-order valence-corrected chi connectivity index (χ4v) is 1.50. The van der Waals surface area contributed by atoms with Crippen molar-refractivity contribution >= 4 is 12.1 Å². The van der Waals surface area contributed by atoms with E-state index in [0.717, 1.165) is 11.4 Å². The van der Waals surface area contributed by atoms with Crippen LogP contribution in [0.4, 0.5) is 0 Å². The van der Waals surface area contributed by atoms with E-state index in [1.54, 1.807) is 6.34 Å². The summed E-state index contributed by atoms with van der Waals surface area (Å²) in [6, 6.07) is 0. The Hall–Kier alpha value is -1.20. The molecule has 0 aromatic carbocycles. The highest BCUT2D eigenvalue weighted by atomic mass is 16.3. The zero-order valence-electron chi connectivity index (χ0n) is 9.38. The van der Waals surface area contributed by atoms with Gasteiger partial charge in [0.1, 0.15) is 12.4 Å². The van der Waals surface area contributed by atoms with Gasteiger partial charge in [-0.15, -0.1) is 0 Å². The third-order valence-corrected chi connectivity index (χ3v) is 2.12. The van der Waals surface area contributed by atoms with E-state index in [1.807, 2.05) is 31.7 Å². The molecule has 84 valence electrons. The van der Waals surface area contributed by atoms with Gasteiger partial charge in [0.05, 0.1) is 12.9 Å². The van der Waals surface area contributed by atoms with Crippen molar-refractivity contribution in [3.8, 4) is 0 Å². The molecule has 1 heterocycles. The first-order valence-electron chi connectivity index (χ1n) is 4.95. The van der Waals surface area contributed by atoms with Crippen molar-refractivity contribution in [1.29, 1.82) is 0 Å². The lowest BCUT2D eigenvalue weighted by atomic mass is 10.2. The third-order valence-electron chi connectivity index (χ3n) is 2.12. The van der Waals surface area contributed by atoms with E-state index in [2.05, 4.69) is 9.98 Å². The number of hydrogen-bond donors (Lipinski definition) is 2. The van der Waals surface area contributed by atoms with Crippen molar-refractivity contribution in [2.45, 2.75) is 33.2 Å². The van der Waals surface area contributed by atoms with Gasteiger partial charge in [0.2, 0.25) is 0 Å². The van der Waals surface area contributed by atoms with Crippen LogP contribution in [-0.4, -0.2) is 41.0 Å². The number of aliphatic hydroxyl groups is 1. The van der Waals surface area contributed by atoms with Crippen LogP contribution in [0, 0.1) is 0 Å². The molecule has 0 aliphatic carbocycles. The minimum absolute atomic E-state index is 0.0497. The van der Waals surface area contributed by atoms with Gasteiger partial charge in [0.15, 0.2) is 0 Å². The van der Waals surface area contributed by atoms with E-state index < -0.39 is 6.23 Å². The maximum atomic E-state index is 8.86. The normalized spacial score (nSPS) is 24.1. The predicted molar refractivity (Wildman–Crippen MR) is 61.7 cm³/mol. The van der Waals surface area contributed by atoms with Gasteiger partial charge < -0.3 is 15.7 Å². The Kier molecular flexibility index (Phi) is 3.99. The number of aliphatic imine (C=N–C) groups is 2. The largest absolute Gasteiger partial charge is 0.377 e. The van der Waals surface area contributed by atoms with Gasteiger partial charge in [-0.3, -0.25) is 9.98 Å². The van der Waals surface area contributed by atoms with E-state index in [1.165, 1.54) is 0 Å². The van der Waals surface area contributed by atoms with Gasteiger partial charge >= 0.3 is 0 Å². The van der Waals surface area contributed by atoms with Gasteiger partial charge in [-0.25, -0.2) is 0 Å². The number of hydrogen-bond acceptors (Lipinski definition) is 4. The van der Waals surface area contributed by atoms with Crippen molar-refractivity contribution in [2.24, 2.45) is 15.7 Å². The smallest absolute Gasteiger partial charge is 0.123 e. The van der Waals surface area contributed by atoms with E-state index in [0.29, 0.717) is 0 Å². The van der Waals surface area contributed by atoms with E-state index in [9.17, 15) is 0 Å². The first kappa shape index (κ1) is 11.9. The highest BCUT2D eigenvalue weighted by Gasteiger charge is 2.15. The molecule has 0 fully saturated rings. The van der Waals surface area contributed by atoms with Crippen LogP contribution in [0.15, 0.2) is 21.8 Å². The lowest BCUT2D eigenvalue weighted by molar-refractivity contribution is 0.191. The van der Waals surface area contributed by atoms with Crippen LogP contribution >= 0.6 is 0 Å². The molecule has 1 rings (SSSR count). The Morgan fingerprint density at radius 1 is 1.73 bits per heavy atom. The Labute approximate surface area is 90.0 Å². The molecule has 0 aromatic heterocycles. The van der Waals surface area contributed by atoms with Gasteiger partial charge in [-0.05, 0) is 26.8 Å². The molecule has 0 bridgehead atoms. The number of aliphatic hydroxyl groups excluding tert-OH is 1. The minimum Gasteiger partial charge on any atom is -0.377 e. The second-order valence-electron chi connectivity index (χ2n) is 3.64. The van der Waals surface area contributed by atoms with Gasteiger partial charge in [0.25, 0.3) is 0 Å². The molecule has 1 aliphatic rings. The maximum absolute atomic E-state index is 8.86. The molecular formula is C10H18N4O. The molecule has 0 saturated heterocycles.